The van der Waals surface area contributed by atoms with Gasteiger partial charge < -0.3 is 21.8 Å². The van der Waals surface area contributed by atoms with E-state index in [1.54, 1.807) is 6.92 Å². The van der Waals surface area contributed by atoms with Gasteiger partial charge in [0.25, 0.3) is 0 Å². The molecule has 0 N–H and O–H groups in total. The molecule has 0 radical (unpaired) electrons. The average Bonchev–Trinajstić information content (AvgIpc) is 2.06. The first-order chi connectivity index (χ1) is 5.33. The topological polar surface area (TPSA) is 18.5 Å². The van der Waals surface area contributed by atoms with Crippen molar-refractivity contribution in [2.24, 2.45) is 0 Å². The van der Waals surface area contributed by atoms with Crippen LogP contribution in [0.3, 0.4) is 0 Å². The Morgan fingerprint density at radius 1 is 1.58 bits per heavy atom. The van der Waals surface area contributed by atoms with Crippen molar-refractivity contribution in [3.63, 3.8) is 0 Å². The van der Waals surface area contributed by atoms with E-state index in [1.165, 1.54) is 0 Å². The van der Waals surface area contributed by atoms with Crippen LogP contribution in [0.15, 0.2) is 0 Å². The number of hydrogen-bond donors (Lipinski definition) is 0. The van der Waals surface area contributed by atoms with Crippen molar-refractivity contribution in [2.45, 2.75) is 38.6 Å². The van der Waals surface area contributed by atoms with E-state index in [1.807, 2.05) is 0 Å². The van der Waals surface area contributed by atoms with Crippen LogP contribution in [0.5, 0.6) is 0 Å². The van der Waals surface area contributed by atoms with Crippen LogP contribution in [0.1, 0.15) is 26.2 Å². The van der Waals surface area contributed by atoms with Crippen molar-refractivity contribution in [1.82, 2.24) is 0 Å². The van der Waals surface area contributed by atoms with Gasteiger partial charge in [0.15, 0.2) is 6.29 Å². The molecule has 1 aliphatic heterocycles. The predicted molar refractivity (Wildman–Crippen MR) is 41.3 cm³/mol. The first-order valence-corrected chi connectivity index (χ1v) is 4.02. The zero-order valence-electron chi connectivity index (χ0n) is 7.80. The summed E-state index contributed by atoms with van der Waals surface area (Å²) in [6, 6.07) is 0. The second-order valence-corrected chi connectivity index (χ2v) is 2.72. The van der Waals surface area contributed by atoms with Crippen LogP contribution in [-0.4, -0.2) is 19.0 Å². The van der Waals surface area contributed by atoms with Gasteiger partial charge in [0.2, 0.25) is 0 Å². The summed E-state index contributed by atoms with van der Waals surface area (Å²) < 4.78 is 10.6. The maximum absolute atomic E-state index is 6.80. The van der Waals surface area contributed by atoms with Gasteiger partial charge in [-0.3, -0.25) is 0 Å². The van der Waals surface area contributed by atoms with E-state index >= 15 is 0 Å². The molecule has 2 nitrogen and oxygen atoms in total. The van der Waals surface area contributed by atoms with Crippen molar-refractivity contribution < 1.29 is 28.3 Å². The van der Waals surface area contributed by atoms with Gasteiger partial charge in [0.1, 0.15) is 0 Å². The van der Waals surface area contributed by atoms with Gasteiger partial charge in [0, 0.05) is 6.61 Å². The molecule has 1 rings (SSSR count). The molecule has 0 saturated carbocycles. The summed E-state index contributed by atoms with van der Waals surface area (Å²) in [5, 5.41) is 0. The fourth-order valence-electron chi connectivity index (χ4n) is 1.08. The molecule has 12 heavy (non-hydrogen) atoms. The van der Waals surface area contributed by atoms with Crippen LogP contribution in [0, 0.1) is 12.3 Å². The van der Waals surface area contributed by atoms with E-state index in [4.69, 9.17) is 15.9 Å². The Labute approximate surface area is 86.2 Å². The molecule has 0 aromatic rings. The van der Waals surface area contributed by atoms with Crippen LogP contribution in [0.25, 0.3) is 0 Å². The van der Waals surface area contributed by atoms with Crippen LogP contribution in [0.4, 0.5) is 0 Å². The standard InChI is InChI=1S/C9H13O2.Li/c1-3-8(2)11-9-6-4-5-7-10-9;/h8-9H,4-7H2,2H3;/q-1;+1. The Hall–Kier alpha value is 0.0774. The molecule has 1 aliphatic rings. The van der Waals surface area contributed by atoms with Crippen molar-refractivity contribution >= 4 is 0 Å². The maximum Gasteiger partial charge on any atom is 1.00 e. The van der Waals surface area contributed by atoms with Crippen molar-refractivity contribution in [2.75, 3.05) is 6.61 Å². The van der Waals surface area contributed by atoms with Crippen molar-refractivity contribution in [3.8, 4) is 5.92 Å². The molecule has 3 heteroatoms. The smallest absolute Gasteiger partial charge is 0.691 e. The summed E-state index contributed by atoms with van der Waals surface area (Å²) in [5.74, 6) is 2.26. The van der Waals surface area contributed by atoms with E-state index in [9.17, 15) is 0 Å². The Bertz CT molecular complexity index is 147. The van der Waals surface area contributed by atoms with E-state index in [0.29, 0.717) is 0 Å². The molecule has 2 atom stereocenters. The first kappa shape index (κ1) is 12.1. The fraction of sp³-hybridized carbons (Fsp3) is 0.778. The normalized spacial score (nSPS) is 25.2. The van der Waals surface area contributed by atoms with Crippen molar-refractivity contribution in [1.29, 1.82) is 0 Å². The van der Waals surface area contributed by atoms with E-state index in [0.717, 1.165) is 25.9 Å². The number of ether oxygens (including phenoxy) is 2. The van der Waals surface area contributed by atoms with E-state index in [-0.39, 0.29) is 31.3 Å². The molecule has 2 unspecified atom stereocenters. The molecule has 0 spiro atoms. The van der Waals surface area contributed by atoms with Crippen LogP contribution in [-0.2, 0) is 9.47 Å². The zero-order valence-corrected chi connectivity index (χ0v) is 7.80. The largest absolute Gasteiger partial charge is 1.00 e. The molecule has 1 heterocycles. The minimum atomic E-state index is -0.238. The van der Waals surface area contributed by atoms with Gasteiger partial charge in [-0.25, -0.2) is 0 Å². The van der Waals surface area contributed by atoms with E-state index in [2.05, 4.69) is 5.92 Å². The van der Waals surface area contributed by atoms with Crippen LogP contribution < -0.4 is 18.9 Å². The number of rotatable bonds is 2. The molecule has 0 aromatic carbocycles. The average molecular weight is 160 g/mol. The third-order valence-electron chi connectivity index (χ3n) is 1.70. The Morgan fingerprint density at radius 2 is 2.33 bits per heavy atom. The predicted octanol–water partition coefficient (Wildman–Crippen LogP) is -1.49. The van der Waals surface area contributed by atoms with Crippen LogP contribution >= 0.6 is 0 Å². The van der Waals surface area contributed by atoms with E-state index < -0.39 is 0 Å². The summed E-state index contributed by atoms with van der Waals surface area (Å²) in [7, 11) is 0. The summed E-state index contributed by atoms with van der Waals surface area (Å²) in [6.45, 7) is 2.58. The maximum atomic E-state index is 6.80. The summed E-state index contributed by atoms with van der Waals surface area (Å²) >= 11 is 0. The Morgan fingerprint density at radius 3 is 2.83 bits per heavy atom. The third-order valence-corrected chi connectivity index (χ3v) is 1.70. The zero-order chi connectivity index (χ0) is 8.10. The van der Waals surface area contributed by atoms with Crippen molar-refractivity contribution in [3.05, 3.63) is 6.42 Å². The first-order valence-electron chi connectivity index (χ1n) is 4.02. The summed E-state index contributed by atoms with van der Waals surface area (Å²) in [5.41, 5.74) is 0. The Kier molecular flexibility index (Phi) is 6.62. The molecule has 0 aromatic heterocycles. The molecular formula is C9H13LiO2. The SMILES string of the molecule is [C-]#CC(C)OC1CCCCO1.[Li+]. The van der Waals surface area contributed by atoms with Gasteiger partial charge in [0.05, 0.1) is 6.10 Å². The molecule has 0 bridgehead atoms. The minimum Gasteiger partial charge on any atom is -0.691 e. The summed E-state index contributed by atoms with van der Waals surface area (Å²) in [6.07, 6.45) is 9.70. The Balaban J connectivity index is 0.00000121. The second-order valence-electron chi connectivity index (χ2n) is 2.72. The van der Waals surface area contributed by atoms with Crippen LogP contribution in [0.2, 0.25) is 0 Å². The molecule has 1 saturated heterocycles. The molecule has 0 aliphatic carbocycles. The van der Waals surface area contributed by atoms with Gasteiger partial charge in [-0.05, 0) is 26.2 Å². The summed E-state index contributed by atoms with van der Waals surface area (Å²) in [4.78, 5) is 0. The molecule has 0 amide bonds. The van der Waals surface area contributed by atoms with Gasteiger partial charge in [-0.1, -0.05) is 0 Å². The molecule has 1 fully saturated rings. The molecular weight excluding hydrogens is 147 g/mol. The minimum absolute atomic E-state index is 0. The fourth-order valence-corrected chi connectivity index (χ4v) is 1.08. The number of hydrogen-bond acceptors (Lipinski definition) is 2. The second kappa shape index (κ2) is 6.58. The molecule has 62 valence electrons. The monoisotopic (exact) mass is 160 g/mol. The quantitative estimate of drug-likeness (QED) is 0.278. The van der Waals surface area contributed by atoms with Gasteiger partial charge in [-0.2, -0.15) is 0 Å². The van der Waals surface area contributed by atoms with Gasteiger partial charge in [-0.15, -0.1) is 0 Å². The van der Waals surface area contributed by atoms with Gasteiger partial charge >= 0.3 is 18.9 Å². The third kappa shape index (κ3) is 4.19.